The number of nitrogens with one attached hydrogen (secondary N) is 1. The van der Waals surface area contributed by atoms with Gasteiger partial charge in [0.05, 0.1) is 0 Å². The molecule has 2 aliphatic rings. The van der Waals surface area contributed by atoms with Crippen molar-refractivity contribution < 1.29 is 4.74 Å². The fraction of sp³-hybridized carbons (Fsp3) is 0.737. The third-order valence-electron chi connectivity index (χ3n) is 5.57. The Hall–Kier alpha value is -0.930. The first-order chi connectivity index (χ1) is 10.8. The molecule has 0 amide bonds. The van der Waals surface area contributed by atoms with Crippen molar-refractivity contribution in [3.05, 3.63) is 29.6 Å². The highest BCUT2D eigenvalue weighted by Gasteiger charge is 2.23. The van der Waals surface area contributed by atoms with E-state index in [0.717, 1.165) is 25.0 Å². The van der Waals surface area contributed by atoms with Crippen LogP contribution in [0.15, 0.2) is 18.5 Å². The van der Waals surface area contributed by atoms with Crippen molar-refractivity contribution in [2.24, 2.45) is 5.92 Å². The molecule has 1 saturated heterocycles. The zero-order valence-electron chi connectivity index (χ0n) is 13.9. The predicted octanol–water partition coefficient (Wildman–Crippen LogP) is 3.82. The van der Waals surface area contributed by atoms with Crippen molar-refractivity contribution in [1.29, 1.82) is 0 Å². The lowest BCUT2D eigenvalue weighted by atomic mass is 9.77. The quantitative estimate of drug-likeness (QED) is 0.898. The maximum absolute atomic E-state index is 5.41. The summed E-state index contributed by atoms with van der Waals surface area (Å²) in [7, 11) is 0. The van der Waals surface area contributed by atoms with Crippen LogP contribution in [-0.2, 0) is 4.74 Å². The average molecular weight is 302 g/mol. The lowest BCUT2D eigenvalue weighted by Crippen LogP contribution is -2.36. The number of pyridine rings is 1. The van der Waals surface area contributed by atoms with Crippen LogP contribution >= 0.6 is 0 Å². The molecule has 1 saturated carbocycles. The fourth-order valence-electron chi connectivity index (χ4n) is 4.06. The van der Waals surface area contributed by atoms with E-state index in [0.29, 0.717) is 6.04 Å². The Morgan fingerprint density at radius 1 is 1.14 bits per heavy atom. The van der Waals surface area contributed by atoms with E-state index < -0.39 is 0 Å². The highest BCUT2D eigenvalue weighted by Crippen LogP contribution is 2.37. The Morgan fingerprint density at radius 2 is 1.91 bits per heavy atom. The molecule has 3 rings (SSSR count). The Labute approximate surface area is 134 Å². The minimum Gasteiger partial charge on any atom is -0.381 e. The highest BCUT2D eigenvalue weighted by atomic mass is 16.5. The molecular weight excluding hydrogens is 272 g/mol. The van der Waals surface area contributed by atoms with Gasteiger partial charge in [-0.25, -0.2) is 0 Å². The summed E-state index contributed by atoms with van der Waals surface area (Å²) in [6.45, 7) is 5.29. The zero-order chi connectivity index (χ0) is 15.2. The van der Waals surface area contributed by atoms with Crippen molar-refractivity contribution in [2.45, 2.75) is 63.8 Å². The van der Waals surface area contributed by atoms with Crippen LogP contribution in [0.4, 0.5) is 0 Å². The average Bonchev–Trinajstić information content (AvgIpc) is 2.57. The second kappa shape index (κ2) is 8.07. The van der Waals surface area contributed by atoms with Gasteiger partial charge >= 0.3 is 0 Å². The SMILES string of the molecule is Cc1ccncc1[C@H]1CC[C@H](CCNC2CCOCC2)CC1. The molecule has 1 aliphatic heterocycles. The summed E-state index contributed by atoms with van der Waals surface area (Å²) < 4.78 is 5.41. The molecule has 0 bridgehead atoms. The molecule has 122 valence electrons. The molecule has 2 fully saturated rings. The van der Waals surface area contributed by atoms with Crippen molar-refractivity contribution in [1.82, 2.24) is 10.3 Å². The molecule has 0 atom stereocenters. The third kappa shape index (κ3) is 4.30. The molecule has 0 radical (unpaired) electrons. The maximum atomic E-state index is 5.41. The van der Waals surface area contributed by atoms with E-state index in [1.54, 1.807) is 0 Å². The molecule has 2 heterocycles. The topological polar surface area (TPSA) is 34.2 Å². The van der Waals surface area contributed by atoms with Gasteiger partial charge in [0, 0.05) is 31.6 Å². The molecule has 1 aromatic heterocycles. The molecule has 22 heavy (non-hydrogen) atoms. The normalized spacial score (nSPS) is 27.0. The second-order valence-electron chi connectivity index (χ2n) is 7.08. The minimum atomic E-state index is 0.697. The molecule has 1 aliphatic carbocycles. The number of ether oxygens (including phenoxy) is 1. The van der Waals surface area contributed by atoms with Gasteiger partial charge in [0.2, 0.25) is 0 Å². The van der Waals surface area contributed by atoms with Crippen LogP contribution in [0.1, 0.15) is 62.0 Å². The van der Waals surface area contributed by atoms with Gasteiger partial charge in [-0.15, -0.1) is 0 Å². The summed E-state index contributed by atoms with van der Waals surface area (Å²) in [5, 5.41) is 3.73. The molecule has 0 unspecified atom stereocenters. The molecular formula is C19H30N2O. The third-order valence-corrected chi connectivity index (χ3v) is 5.57. The summed E-state index contributed by atoms with van der Waals surface area (Å²) in [5.41, 5.74) is 2.90. The summed E-state index contributed by atoms with van der Waals surface area (Å²) in [6, 6.07) is 2.85. The molecule has 3 heteroatoms. The molecule has 0 aromatic carbocycles. The second-order valence-corrected chi connectivity index (χ2v) is 7.08. The molecule has 3 nitrogen and oxygen atoms in total. The van der Waals surface area contributed by atoms with Gasteiger partial charge in [-0.05, 0) is 87.4 Å². The lowest BCUT2D eigenvalue weighted by molar-refractivity contribution is 0.0775. The van der Waals surface area contributed by atoms with Crippen LogP contribution in [-0.4, -0.2) is 30.8 Å². The van der Waals surface area contributed by atoms with E-state index >= 15 is 0 Å². The minimum absolute atomic E-state index is 0.697. The number of aryl methyl sites for hydroxylation is 1. The molecule has 1 aromatic rings. The smallest absolute Gasteiger partial charge is 0.0480 e. The predicted molar refractivity (Wildman–Crippen MR) is 90.1 cm³/mol. The van der Waals surface area contributed by atoms with Crippen LogP contribution in [0.3, 0.4) is 0 Å². The fourth-order valence-corrected chi connectivity index (χ4v) is 4.06. The van der Waals surface area contributed by atoms with Gasteiger partial charge in [-0.3, -0.25) is 4.98 Å². The Bertz CT molecular complexity index is 449. The number of rotatable bonds is 5. The van der Waals surface area contributed by atoms with Gasteiger partial charge in [0.1, 0.15) is 0 Å². The van der Waals surface area contributed by atoms with Gasteiger partial charge in [-0.1, -0.05) is 0 Å². The van der Waals surface area contributed by atoms with Crippen LogP contribution < -0.4 is 5.32 Å². The number of hydrogen-bond donors (Lipinski definition) is 1. The van der Waals surface area contributed by atoms with E-state index in [1.165, 1.54) is 62.6 Å². The molecule has 0 spiro atoms. The van der Waals surface area contributed by atoms with Gasteiger partial charge in [-0.2, -0.15) is 0 Å². The van der Waals surface area contributed by atoms with E-state index in [1.807, 2.05) is 6.20 Å². The van der Waals surface area contributed by atoms with Crippen LogP contribution in [0.25, 0.3) is 0 Å². The van der Waals surface area contributed by atoms with E-state index in [4.69, 9.17) is 4.74 Å². The lowest BCUT2D eigenvalue weighted by Gasteiger charge is -2.30. The summed E-state index contributed by atoms with van der Waals surface area (Å²) >= 11 is 0. The van der Waals surface area contributed by atoms with Crippen molar-refractivity contribution in [3.8, 4) is 0 Å². The number of hydrogen-bond acceptors (Lipinski definition) is 3. The van der Waals surface area contributed by atoms with E-state index in [-0.39, 0.29) is 0 Å². The van der Waals surface area contributed by atoms with Crippen LogP contribution in [0, 0.1) is 12.8 Å². The van der Waals surface area contributed by atoms with Crippen molar-refractivity contribution >= 4 is 0 Å². The Kier molecular flexibility index (Phi) is 5.85. The van der Waals surface area contributed by atoms with Crippen LogP contribution in [0.2, 0.25) is 0 Å². The van der Waals surface area contributed by atoms with Crippen molar-refractivity contribution in [2.75, 3.05) is 19.8 Å². The Morgan fingerprint density at radius 3 is 2.64 bits per heavy atom. The summed E-state index contributed by atoms with van der Waals surface area (Å²) in [4.78, 5) is 4.32. The summed E-state index contributed by atoms with van der Waals surface area (Å²) in [6.07, 6.45) is 13.2. The zero-order valence-corrected chi connectivity index (χ0v) is 13.9. The van der Waals surface area contributed by atoms with Gasteiger partial charge in [0.15, 0.2) is 0 Å². The van der Waals surface area contributed by atoms with Gasteiger partial charge in [0.25, 0.3) is 0 Å². The van der Waals surface area contributed by atoms with E-state index in [2.05, 4.69) is 29.5 Å². The van der Waals surface area contributed by atoms with E-state index in [9.17, 15) is 0 Å². The monoisotopic (exact) mass is 302 g/mol. The molecule has 1 N–H and O–H groups in total. The van der Waals surface area contributed by atoms with Crippen LogP contribution in [0.5, 0.6) is 0 Å². The number of aromatic nitrogens is 1. The maximum Gasteiger partial charge on any atom is 0.0480 e. The summed E-state index contributed by atoms with van der Waals surface area (Å²) in [5.74, 6) is 1.66. The highest BCUT2D eigenvalue weighted by molar-refractivity contribution is 5.25. The van der Waals surface area contributed by atoms with Gasteiger partial charge < -0.3 is 10.1 Å². The first kappa shape index (κ1) is 15.9. The Balaban J connectivity index is 1.37. The first-order valence-corrected chi connectivity index (χ1v) is 9.04. The standard InChI is InChI=1S/C19H30N2O/c1-15-6-10-20-14-19(15)17-4-2-16(3-5-17)7-11-21-18-8-12-22-13-9-18/h6,10,14,16-18,21H,2-5,7-9,11-13H2,1H3/t16-,17-. The number of nitrogens with zero attached hydrogens (tertiary/aromatic N) is 1. The first-order valence-electron chi connectivity index (χ1n) is 9.04. The van der Waals surface area contributed by atoms with Crippen molar-refractivity contribution in [3.63, 3.8) is 0 Å². The largest absolute Gasteiger partial charge is 0.381 e.